The van der Waals surface area contributed by atoms with Gasteiger partial charge in [-0.1, -0.05) is 91.7 Å². The third-order valence-corrected chi connectivity index (χ3v) is 8.14. The van der Waals surface area contributed by atoms with Crippen molar-refractivity contribution in [1.82, 2.24) is 9.78 Å². The number of halogens is 3. The number of carboxylic acids is 1. The summed E-state index contributed by atoms with van der Waals surface area (Å²) in [7, 11) is 0. The van der Waals surface area contributed by atoms with E-state index in [9.17, 15) is 23.1 Å². The summed E-state index contributed by atoms with van der Waals surface area (Å²) in [6.45, 7) is 0.559. The van der Waals surface area contributed by atoms with Crippen molar-refractivity contribution >= 4 is 16.9 Å². The average molecular weight is 571 g/mol. The van der Waals surface area contributed by atoms with Gasteiger partial charge in [0.25, 0.3) is 0 Å². The second kappa shape index (κ2) is 11.0. The molecule has 42 heavy (non-hydrogen) atoms. The Balaban J connectivity index is 1.30. The van der Waals surface area contributed by atoms with Gasteiger partial charge >= 0.3 is 12.1 Å². The number of alkyl halides is 3. The first-order chi connectivity index (χ1) is 20.2. The summed E-state index contributed by atoms with van der Waals surface area (Å²) in [6, 6.07) is 28.4. The van der Waals surface area contributed by atoms with Crippen LogP contribution in [0.1, 0.15) is 47.9 Å². The molecule has 1 N–H and O–H groups in total. The Morgan fingerprint density at radius 1 is 0.881 bits per heavy atom. The van der Waals surface area contributed by atoms with Gasteiger partial charge in [0.2, 0.25) is 0 Å². The Hall–Kier alpha value is -4.59. The van der Waals surface area contributed by atoms with Crippen LogP contribution in [0.25, 0.3) is 22.2 Å². The van der Waals surface area contributed by atoms with E-state index in [-0.39, 0.29) is 12.1 Å². The second-order valence-electron chi connectivity index (χ2n) is 10.8. The van der Waals surface area contributed by atoms with Crippen molar-refractivity contribution in [2.75, 3.05) is 0 Å². The summed E-state index contributed by atoms with van der Waals surface area (Å²) < 4.78 is 49.4. The van der Waals surface area contributed by atoms with Gasteiger partial charge in [-0.15, -0.1) is 0 Å². The zero-order valence-electron chi connectivity index (χ0n) is 22.8. The van der Waals surface area contributed by atoms with E-state index >= 15 is 0 Å². The van der Waals surface area contributed by atoms with E-state index in [2.05, 4.69) is 5.10 Å². The van der Waals surface area contributed by atoms with Crippen molar-refractivity contribution in [3.05, 3.63) is 119 Å². The smallest absolute Gasteiger partial charge is 0.418 e. The van der Waals surface area contributed by atoms with Gasteiger partial charge in [-0.05, 0) is 47.7 Å². The highest BCUT2D eigenvalue weighted by Crippen LogP contribution is 2.42. The lowest BCUT2D eigenvalue weighted by Gasteiger charge is -2.24. The topological polar surface area (TPSA) is 64.3 Å². The lowest BCUT2D eigenvalue weighted by atomic mass is 9.79. The molecule has 5 nitrogen and oxygen atoms in total. The Morgan fingerprint density at radius 3 is 2.29 bits per heavy atom. The molecule has 0 atom stereocenters. The molecule has 1 fully saturated rings. The highest BCUT2D eigenvalue weighted by atomic mass is 19.4. The number of aromatic nitrogens is 2. The number of nitrogens with zero attached hydrogens (tertiary/aromatic N) is 2. The predicted molar refractivity (Wildman–Crippen MR) is 154 cm³/mol. The van der Waals surface area contributed by atoms with Crippen LogP contribution < -0.4 is 4.74 Å². The maximum absolute atomic E-state index is 13.9. The molecule has 214 valence electrons. The minimum Gasteiger partial charge on any atom is -0.489 e. The van der Waals surface area contributed by atoms with Crippen LogP contribution in [0.4, 0.5) is 13.2 Å². The van der Waals surface area contributed by atoms with Crippen molar-refractivity contribution in [1.29, 1.82) is 0 Å². The third-order valence-electron chi connectivity index (χ3n) is 8.14. The fraction of sp³-hybridized carbons (Fsp3) is 0.235. The average Bonchev–Trinajstić information content (AvgIpc) is 3.62. The number of carbonyl (C=O) groups is 1. The Morgan fingerprint density at radius 2 is 1.60 bits per heavy atom. The molecule has 1 aliphatic carbocycles. The van der Waals surface area contributed by atoms with Gasteiger partial charge in [0, 0.05) is 10.9 Å². The van der Waals surface area contributed by atoms with Crippen LogP contribution in [0.2, 0.25) is 0 Å². The first-order valence-electron chi connectivity index (χ1n) is 13.9. The number of carboxylic acid groups (broad SMARTS) is 1. The van der Waals surface area contributed by atoms with Crippen molar-refractivity contribution in [3.63, 3.8) is 0 Å². The maximum Gasteiger partial charge on any atom is 0.418 e. The molecule has 0 amide bonds. The van der Waals surface area contributed by atoms with Gasteiger partial charge in [0.15, 0.2) is 0 Å². The van der Waals surface area contributed by atoms with Gasteiger partial charge in [0.1, 0.15) is 17.9 Å². The molecule has 5 aromatic rings. The standard InChI is InChI=1S/C34H29F3N2O3/c35-34(36,37)29-13-7-12-28-30(29)38-39(21-23-8-2-1-3-9-23)31(28)25-10-6-11-27(20-25)42-22-24-14-16-26(17-15-24)33(32(40)41)18-4-5-19-33/h1-3,6-17,20H,4-5,18-19,21-22H2,(H,40,41). The van der Waals surface area contributed by atoms with Crippen LogP contribution in [0.5, 0.6) is 5.75 Å². The summed E-state index contributed by atoms with van der Waals surface area (Å²) in [4.78, 5) is 12.0. The van der Waals surface area contributed by atoms with Crippen LogP contribution >= 0.6 is 0 Å². The Kier molecular flexibility index (Phi) is 7.22. The molecule has 6 rings (SSSR count). The number of hydrogen-bond donors (Lipinski definition) is 1. The molecule has 1 saturated carbocycles. The van der Waals surface area contributed by atoms with E-state index in [0.717, 1.165) is 35.6 Å². The molecular weight excluding hydrogens is 541 g/mol. The van der Waals surface area contributed by atoms with E-state index in [1.54, 1.807) is 16.8 Å². The van der Waals surface area contributed by atoms with E-state index < -0.39 is 23.1 Å². The molecule has 0 bridgehead atoms. The number of ether oxygens (including phenoxy) is 1. The minimum absolute atomic E-state index is 0.0938. The number of aliphatic carboxylic acids is 1. The van der Waals surface area contributed by atoms with Gasteiger partial charge in [-0.25, -0.2) is 0 Å². The predicted octanol–water partition coefficient (Wildman–Crippen LogP) is 8.25. The van der Waals surface area contributed by atoms with E-state index in [0.29, 0.717) is 41.8 Å². The quantitative estimate of drug-likeness (QED) is 0.204. The molecule has 0 unspecified atom stereocenters. The number of benzene rings is 4. The summed E-state index contributed by atoms with van der Waals surface area (Å²) in [6.07, 6.45) is -1.43. The maximum atomic E-state index is 13.9. The monoisotopic (exact) mass is 570 g/mol. The molecule has 8 heteroatoms. The second-order valence-corrected chi connectivity index (χ2v) is 10.8. The van der Waals surface area contributed by atoms with Crippen LogP contribution in [-0.4, -0.2) is 20.9 Å². The molecular formula is C34H29F3N2O3. The summed E-state index contributed by atoms with van der Waals surface area (Å²) in [5.74, 6) is -0.218. The molecule has 0 saturated heterocycles. The van der Waals surface area contributed by atoms with E-state index in [4.69, 9.17) is 4.74 Å². The first-order valence-corrected chi connectivity index (χ1v) is 13.9. The van der Waals surface area contributed by atoms with Gasteiger partial charge in [-0.2, -0.15) is 18.3 Å². The Labute approximate surface area is 241 Å². The first kappa shape index (κ1) is 27.6. The lowest BCUT2D eigenvalue weighted by Crippen LogP contribution is -2.32. The highest BCUT2D eigenvalue weighted by molar-refractivity contribution is 5.95. The van der Waals surface area contributed by atoms with Crippen molar-refractivity contribution in [2.45, 2.75) is 50.4 Å². The van der Waals surface area contributed by atoms with Gasteiger partial charge in [0.05, 0.1) is 23.2 Å². The third kappa shape index (κ3) is 5.24. The number of fused-ring (bicyclic) bond motifs is 1. The number of hydrogen-bond acceptors (Lipinski definition) is 3. The fourth-order valence-corrected chi connectivity index (χ4v) is 5.98. The lowest BCUT2D eigenvalue weighted by molar-refractivity contribution is -0.143. The zero-order chi connectivity index (χ0) is 29.3. The zero-order valence-corrected chi connectivity index (χ0v) is 22.8. The Bertz CT molecular complexity index is 1720. The molecule has 0 spiro atoms. The molecule has 0 aliphatic heterocycles. The van der Waals surface area contributed by atoms with Crippen molar-refractivity contribution in [2.24, 2.45) is 0 Å². The molecule has 1 heterocycles. The van der Waals surface area contributed by atoms with Crippen LogP contribution in [0.15, 0.2) is 97.1 Å². The van der Waals surface area contributed by atoms with E-state index in [1.807, 2.05) is 72.8 Å². The number of rotatable bonds is 8. The molecule has 0 radical (unpaired) electrons. The molecule has 1 aliphatic rings. The highest BCUT2D eigenvalue weighted by Gasteiger charge is 2.42. The van der Waals surface area contributed by atoms with Crippen molar-refractivity contribution < 1.29 is 27.8 Å². The normalized spacial score (nSPS) is 14.7. The largest absolute Gasteiger partial charge is 0.489 e. The van der Waals surface area contributed by atoms with Crippen molar-refractivity contribution in [3.8, 4) is 17.0 Å². The molecule has 4 aromatic carbocycles. The van der Waals surface area contributed by atoms with Crippen LogP contribution in [0, 0.1) is 0 Å². The SMILES string of the molecule is O=C(O)C1(c2ccc(COc3cccc(-c4c5cccc(C(F)(F)F)c5nn4Cc4ccccc4)c3)cc2)CCCC1. The fourth-order valence-electron chi connectivity index (χ4n) is 5.98. The summed E-state index contributed by atoms with van der Waals surface area (Å²) in [5, 5.41) is 14.7. The van der Waals surface area contributed by atoms with E-state index in [1.165, 1.54) is 6.07 Å². The van der Waals surface area contributed by atoms with Crippen LogP contribution in [0.3, 0.4) is 0 Å². The summed E-state index contributed by atoms with van der Waals surface area (Å²) >= 11 is 0. The van der Waals surface area contributed by atoms with Gasteiger partial charge < -0.3 is 9.84 Å². The summed E-state index contributed by atoms with van der Waals surface area (Å²) in [5.41, 5.74) is 2.20. The minimum atomic E-state index is -4.54. The van der Waals surface area contributed by atoms with Gasteiger partial charge in [-0.3, -0.25) is 9.48 Å². The molecule has 1 aromatic heterocycles. The van der Waals surface area contributed by atoms with Crippen LogP contribution in [-0.2, 0) is 29.5 Å².